The average molecular weight is 321 g/mol. The monoisotopic (exact) mass is 321 g/mol. The highest BCUT2D eigenvalue weighted by atomic mass is 32.1. The summed E-state index contributed by atoms with van der Waals surface area (Å²) in [7, 11) is 1.92. The summed E-state index contributed by atoms with van der Waals surface area (Å²) in [6.45, 7) is 4.13. The summed E-state index contributed by atoms with van der Waals surface area (Å²) >= 11 is 1.51. The molecule has 0 unspecified atom stereocenters. The zero-order valence-electron chi connectivity index (χ0n) is 13.1. The fraction of sp³-hybridized carbons (Fsp3) is 0.167. The van der Waals surface area contributed by atoms with Crippen molar-refractivity contribution >= 4 is 27.5 Å². The lowest BCUT2D eigenvalue weighted by Gasteiger charge is -2.00. The molecule has 1 heterocycles. The van der Waals surface area contributed by atoms with Crippen LogP contribution in [0.2, 0.25) is 0 Å². The van der Waals surface area contributed by atoms with E-state index in [2.05, 4.69) is 31.0 Å². The van der Waals surface area contributed by atoms with Crippen molar-refractivity contribution in [2.45, 2.75) is 13.8 Å². The molecule has 0 saturated heterocycles. The van der Waals surface area contributed by atoms with Gasteiger partial charge in [0.15, 0.2) is 4.80 Å². The molecule has 0 saturated carbocycles. The molecule has 0 aliphatic heterocycles. The van der Waals surface area contributed by atoms with E-state index in [-0.39, 0.29) is 5.91 Å². The summed E-state index contributed by atoms with van der Waals surface area (Å²) in [6, 6.07) is 12.8. The van der Waals surface area contributed by atoms with Crippen LogP contribution in [0.25, 0.3) is 10.2 Å². The third-order valence-electron chi connectivity index (χ3n) is 3.70. The molecule has 1 amide bonds. The van der Waals surface area contributed by atoms with E-state index in [1.165, 1.54) is 22.5 Å². The maximum absolute atomic E-state index is 12.3. The van der Waals surface area contributed by atoms with Crippen LogP contribution in [0.1, 0.15) is 27.0 Å². The number of fused-ring (bicyclic) bond motifs is 1. The van der Waals surface area contributed by atoms with Crippen molar-refractivity contribution in [1.82, 2.24) is 4.57 Å². The second kappa shape index (κ2) is 5.82. The molecule has 2 aromatic carbocycles. The quantitative estimate of drug-likeness (QED) is 0.689. The van der Waals surface area contributed by atoms with Crippen LogP contribution in [0.15, 0.2) is 41.4 Å². The Morgan fingerprint density at radius 2 is 1.91 bits per heavy atom. The molecule has 4 nitrogen and oxygen atoms in total. The number of nitrogens with zero attached hydrogens (tertiary/aromatic N) is 3. The highest BCUT2D eigenvalue weighted by molar-refractivity contribution is 7.16. The number of hydrogen-bond donors (Lipinski definition) is 0. The molecule has 1 aromatic heterocycles. The van der Waals surface area contributed by atoms with Crippen molar-refractivity contribution in [2.75, 3.05) is 0 Å². The number of thiazole rings is 1. The van der Waals surface area contributed by atoms with Gasteiger partial charge >= 0.3 is 0 Å². The number of rotatable bonds is 1. The maximum Gasteiger partial charge on any atom is 0.279 e. The molecule has 5 heteroatoms. The standard InChI is InChI=1S/C18H15N3OS/c1-11-8-12(2)16-15(9-11)21(3)18(23-16)20-17(22)14-6-4-13(10-19)5-7-14/h4-9H,1-3H3. The van der Waals surface area contributed by atoms with Crippen LogP contribution in [0.4, 0.5) is 0 Å². The minimum atomic E-state index is -0.300. The van der Waals surface area contributed by atoms with Crippen LogP contribution in [0, 0.1) is 25.2 Å². The third-order valence-corrected chi connectivity index (χ3v) is 4.98. The Kier molecular flexibility index (Phi) is 3.85. The van der Waals surface area contributed by atoms with Gasteiger partial charge in [0.1, 0.15) is 0 Å². The van der Waals surface area contributed by atoms with Crippen LogP contribution in [0.5, 0.6) is 0 Å². The number of nitriles is 1. The van der Waals surface area contributed by atoms with Gasteiger partial charge in [-0.15, -0.1) is 0 Å². The van der Waals surface area contributed by atoms with E-state index in [9.17, 15) is 4.79 Å². The van der Waals surface area contributed by atoms with E-state index >= 15 is 0 Å². The molecule has 0 spiro atoms. The first-order valence-corrected chi connectivity index (χ1v) is 7.97. The van der Waals surface area contributed by atoms with Crippen molar-refractivity contribution in [2.24, 2.45) is 12.0 Å². The molecular weight excluding hydrogens is 306 g/mol. The minimum Gasteiger partial charge on any atom is -0.319 e. The largest absolute Gasteiger partial charge is 0.319 e. The fourth-order valence-electron chi connectivity index (χ4n) is 2.51. The summed E-state index contributed by atoms with van der Waals surface area (Å²) in [5, 5.41) is 8.81. The van der Waals surface area contributed by atoms with E-state index in [4.69, 9.17) is 5.26 Å². The highest BCUT2D eigenvalue weighted by Crippen LogP contribution is 2.22. The van der Waals surface area contributed by atoms with E-state index in [0.29, 0.717) is 15.9 Å². The van der Waals surface area contributed by atoms with Gasteiger partial charge in [-0.25, -0.2) is 0 Å². The number of carbonyl (C=O) groups excluding carboxylic acids is 1. The van der Waals surface area contributed by atoms with Gasteiger partial charge in [-0.1, -0.05) is 17.4 Å². The van der Waals surface area contributed by atoms with Gasteiger partial charge in [-0.3, -0.25) is 4.79 Å². The number of carbonyl (C=O) groups is 1. The summed E-state index contributed by atoms with van der Waals surface area (Å²) in [6.07, 6.45) is 0. The van der Waals surface area contributed by atoms with Crippen LogP contribution in [-0.4, -0.2) is 10.5 Å². The number of benzene rings is 2. The topological polar surface area (TPSA) is 58.1 Å². The van der Waals surface area contributed by atoms with E-state index < -0.39 is 0 Å². The molecule has 23 heavy (non-hydrogen) atoms. The predicted molar refractivity (Wildman–Crippen MR) is 91.3 cm³/mol. The van der Waals surface area contributed by atoms with Gasteiger partial charge in [0.2, 0.25) is 0 Å². The molecule has 3 rings (SSSR count). The Bertz CT molecular complexity index is 1020. The number of hydrogen-bond acceptors (Lipinski definition) is 3. The molecule has 114 valence electrons. The van der Waals surface area contributed by atoms with Crippen molar-refractivity contribution in [3.05, 3.63) is 63.5 Å². The second-order valence-corrected chi connectivity index (χ2v) is 6.46. The first-order chi connectivity index (χ1) is 11.0. The Balaban J connectivity index is 2.10. The summed E-state index contributed by atoms with van der Waals surface area (Å²) in [5.41, 5.74) is 4.47. The molecule has 3 aromatic rings. The van der Waals surface area contributed by atoms with Crippen molar-refractivity contribution in [3.8, 4) is 6.07 Å². The van der Waals surface area contributed by atoms with Gasteiger partial charge in [0.25, 0.3) is 5.91 Å². The molecule has 0 atom stereocenters. The van der Waals surface area contributed by atoms with Gasteiger partial charge in [0, 0.05) is 12.6 Å². The van der Waals surface area contributed by atoms with Crippen molar-refractivity contribution in [1.29, 1.82) is 5.26 Å². The maximum atomic E-state index is 12.3. The van der Waals surface area contributed by atoms with Gasteiger partial charge in [-0.05, 0) is 55.3 Å². The molecule has 0 aliphatic carbocycles. The lowest BCUT2D eigenvalue weighted by molar-refractivity contribution is 0.0998. The zero-order chi connectivity index (χ0) is 16.6. The molecule has 0 fully saturated rings. The Morgan fingerprint density at radius 1 is 1.22 bits per heavy atom. The van der Waals surface area contributed by atoms with Crippen molar-refractivity contribution < 1.29 is 4.79 Å². The fourth-order valence-corrected chi connectivity index (χ4v) is 3.58. The zero-order valence-corrected chi connectivity index (χ0v) is 13.9. The first kappa shape index (κ1) is 15.2. The van der Waals surface area contributed by atoms with E-state index in [1.54, 1.807) is 24.3 Å². The normalized spacial score (nSPS) is 11.7. The first-order valence-electron chi connectivity index (χ1n) is 7.15. The number of amides is 1. The van der Waals surface area contributed by atoms with Crippen LogP contribution in [-0.2, 0) is 7.05 Å². The SMILES string of the molecule is Cc1cc(C)c2sc(=NC(=O)c3ccc(C#N)cc3)n(C)c2c1. The van der Waals surface area contributed by atoms with E-state index in [1.807, 2.05) is 17.7 Å². The smallest absolute Gasteiger partial charge is 0.279 e. The van der Waals surface area contributed by atoms with E-state index in [0.717, 1.165) is 10.2 Å². The highest BCUT2D eigenvalue weighted by Gasteiger charge is 2.09. The lowest BCUT2D eigenvalue weighted by Crippen LogP contribution is -2.13. The second-order valence-electron chi connectivity index (χ2n) is 5.48. The molecule has 0 bridgehead atoms. The average Bonchev–Trinajstić information content (AvgIpc) is 2.84. The predicted octanol–water partition coefficient (Wildman–Crippen LogP) is 3.47. The van der Waals surface area contributed by atoms with Gasteiger partial charge < -0.3 is 4.57 Å². The van der Waals surface area contributed by atoms with Gasteiger partial charge in [-0.2, -0.15) is 10.3 Å². The number of aromatic nitrogens is 1. The molecule has 0 radical (unpaired) electrons. The van der Waals surface area contributed by atoms with Crippen LogP contribution < -0.4 is 4.80 Å². The van der Waals surface area contributed by atoms with Gasteiger partial charge in [0.05, 0.1) is 21.8 Å². The number of aryl methyl sites for hydroxylation is 3. The molecule has 0 N–H and O–H groups in total. The Hall–Kier alpha value is -2.71. The van der Waals surface area contributed by atoms with Crippen LogP contribution in [0.3, 0.4) is 0 Å². The summed E-state index contributed by atoms with van der Waals surface area (Å²) < 4.78 is 3.09. The Labute approximate surface area is 138 Å². The van der Waals surface area contributed by atoms with Crippen molar-refractivity contribution in [3.63, 3.8) is 0 Å². The minimum absolute atomic E-state index is 0.300. The third kappa shape index (κ3) is 2.81. The molecular formula is C18H15N3OS. The lowest BCUT2D eigenvalue weighted by atomic mass is 10.1. The summed E-state index contributed by atoms with van der Waals surface area (Å²) in [4.78, 5) is 17.3. The molecule has 0 aliphatic rings. The van der Waals surface area contributed by atoms with Crippen LogP contribution >= 0.6 is 11.3 Å². The Morgan fingerprint density at radius 3 is 2.57 bits per heavy atom. The summed E-state index contributed by atoms with van der Waals surface area (Å²) in [5.74, 6) is -0.300.